The molecule has 0 unspecified atom stereocenters. The van der Waals surface area contributed by atoms with E-state index in [1.165, 1.54) is 37.7 Å². The predicted octanol–water partition coefficient (Wildman–Crippen LogP) is 1.72. The first-order valence-electron chi connectivity index (χ1n) is 6.11. The average Bonchev–Trinajstić information content (AvgIpc) is 3.09. The molecule has 0 N–H and O–H groups in total. The van der Waals surface area contributed by atoms with Crippen LogP contribution in [0.3, 0.4) is 0 Å². The van der Waals surface area contributed by atoms with Crippen molar-refractivity contribution >= 4 is 17.7 Å². The normalized spacial score (nSPS) is 13.2. The number of fused-ring (bicyclic) bond motifs is 1. The molecule has 0 aliphatic carbocycles. The third-order valence-electron chi connectivity index (χ3n) is 3.13. The number of methoxy groups -OCH3 is 3. The molecule has 0 fully saturated rings. The molecule has 8 heteroatoms. The second-order valence-corrected chi connectivity index (χ2v) is 5.18. The van der Waals surface area contributed by atoms with Crippen LogP contribution in [0.2, 0.25) is 0 Å². The number of aromatic nitrogens is 3. The topological polar surface area (TPSA) is 75.5 Å². The van der Waals surface area contributed by atoms with E-state index in [4.69, 9.17) is 14.2 Å². The van der Waals surface area contributed by atoms with Crippen molar-refractivity contribution < 1.29 is 19.0 Å². The third kappa shape index (κ3) is 2.11. The average molecular weight is 307 g/mol. The number of benzene rings is 1. The molecular formula is C13H13N3O4S. The van der Waals surface area contributed by atoms with Crippen molar-refractivity contribution in [1.82, 2.24) is 14.8 Å². The molecule has 0 spiro atoms. The Morgan fingerprint density at radius 3 is 2.33 bits per heavy atom. The summed E-state index contributed by atoms with van der Waals surface area (Å²) in [5.41, 5.74) is 0.680. The van der Waals surface area contributed by atoms with Crippen LogP contribution >= 0.6 is 11.8 Å². The fraction of sp³-hybridized carbons (Fsp3) is 0.308. The second-order valence-electron chi connectivity index (χ2n) is 4.24. The van der Waals surface area contributed by atoms with E-state index >= 15 is 0 Å². The van der Waals surface area contributed by atoms with E-state index in [-0.39, 0.29) is 5.91 Å². The first kappa shape index (κ1) is 13.7. The van der Waals surface area contributed by atoms with Crippen LogP contribution in [-0.4, -0.2) is 47.8 Å². The molecule has 1 aromatic carbocycles. The van der Waals surface area contributed by atoms with Gasteiger partial charge in [-0.15, -0.1) is 10.2 Å². The summed E-state index contributed by atoms with van der Waals surface area (Å²) in [5.74, 6) is 2.31. The highest BCUT2D eigenvalue weighted by Crippen LogP contribution is 2.41. The van der Waals surface area contributed by atoms with Gasteiger partial charge in [-0.25, -0.2) is 4.57 Å². The zero-order chi connectivity index (χ0) is 15.0. The van der Waals surface area contributed by atoms with Crippen LogP contribution in [0.25, 0.3) is 11.4 Å². The summed E-state index contributed by atoms with van der Waals surface area (Å²) in [6.45, 7) is 0. The third-order valence-corrected chi connectivity index (χ3v) is 4.04. The van der Waals surface area contributed by atoms with Crippen molar-refractivity contribution in [3.63, 3.8) is 0 Å². The van der Waals surface area contributed by atoms with Crippen molar-refractivity contribution in [2.24, 2.45) is 0 Å². The van der Waals surface area contributed by atoms with E-state index in [2.05, 4.69) is 10.2 Å². The molecule has 2 heterocycles. The van der Waals surface area contributed by atoms with Gasteiger partial charge in [-0.05, 0) is 12.1 Å². The van der Waals surface area contributed by atoms with Crippen molar-refractivity contribution in [1.29, 1.82) is 0 Å². The fourth-order valence-corrected chi connectivity index (χ4v) is 2.97. The van der Waals surface area contributed by atoms with Crippen LogP contribution in [0.5, 0.6) is 17.2 Å². The number of hydrogen-bond acceptors (Lipinski definition) is 7. The Morgan fingerprint density at radius 2 is 1.76 bits per heavy atom. The van der Waals surface area contributed by atoms with E-state index in [0.29, 0.717) is 39.5 Å². The Balaban J connectivity index is 2.18. The lowest BCUT2D eigenvalue weighted by molar-refractivity contribution is 0.0941. The van der Waals surface area contributed by atoms with Crippen LogP contribution in [-0.2, 0) is 0 Å². The van der Waals surface area contributed by atoms with Gasteiger partial charge in [0.05, 0.1) is 27.1 Å². The maximum absolute atomic E-state index is 11.9. The molecule has 1 aliphatic heterocycles. The van der Waals surface area contributed by atoms with Crippen LogP contribution in [0, 0.1) is 0 Å². The van der Waals surface area contributed by atoms with Crippen LogP contribution in [0.4, 0.5) is 0 Å². The monoisotopic (exact) mass is 307 g/mol. The van der Waals surface area contributed by atoms with Gasteiger partial charge in [0.15, 0.2) is 22.5 Å². The number of carbonyl (C=O) groups excluding carboxylic acids is 1. The molecule has 110 valence electrons. The van der Waals surface area contributed by atoms with Gasteiger partial charge < -0.3 is 14.2 Å². The van der Waals surface area contributed by atoms with Crippen molar-refractivity contribution in [2.75, 3.05) is 27.1 Å². The molecule has 0 bridgehead atoms. The minimum Gasteiger partial charge on any atom is -0.493 e. The largest absolute Gasteiger partial charge is 0.493 e. The fourth-order valence-electron chi connectivity index (χ4n) is 2.18. The summed E-state index contributed by atoms with van der Waals surface area (Å²) < 4.78 is 17.4. The molecule has 0 radical (unpaired) electrons. The van der Waals surface area contributed by atoms with Crippen LogP contribution < -0.4 is 14.2 Å². The first-order valence-corrected chi connectivity index (χ1v) is 7.10. The molecule has 1 aromatic heterocycles. The SMILES string of the molecule is COc1cc(-c2nnc3n2C(=O)CS3)cc(OC)c1OC. The number of rotatable bonds is 4. The van der Waals surface area contributed by atoms with E-state index in [9.17, 15) is 4.79 Å². The van der Waals surface area contributed by atoms with Crippen LogP contribution in [0.15, 0.2) is 17.3 Å². The second kappa shape index (κ2) is 5.28. The highest BCUT2D eigenvalue weighted by Gasteiger charge is 2.27. The van der Waals surface area contributed by atoms with Gasteiger partial charge in [0.1, 0.15) is 0 Å². The summed E-state index contributed by atoms with van der Waals surface area (Å²) in [7, 11) is 4.61. The van der Waals surface area contributed by atoms with Crippen molar-refractivity contribution in [2.45, 2.75) is 5.16 Å². The molecule has 0 saturated carbocycles. The highest BCUT2D eigenvalue weighted by molar-refractivity contribution is 8.00. The molecule has 0 saturated heterocycles. The molecular weight excluding hydrogens is 294 g/mol. The lowest BCUT2D eigenvalue weighted by Crippen LogP contribution is -2.09. The maximum atomic E-state index is 11.9. The Bertz CT molecular complexity index is 688. The maximum Gasteiger partial charge on any atom is 0.244 e. The molecule has 7 nitrogen and oxygen atoms in total. The number of ether oxygens (including phenoxy) is 3. The Labute approximate surface area is 125 Å². The number of thioether (sulfide) groups is 1. The van der Waals surface area contributed by atoms with Gasteiger partial charge in [0, 0.05) is 5.56 Å². The number of hydrogen-bond donors (Lipinski definition) is 0. The first-order chi connectivity index (χ1) is 10.2. The minimum absolute atomic E-state index is 0.0382. The Hall–Kier alpha value is -2.22. The lowest BCUT2D eigenvalue weighted by atomic mass is 10.1. The zero-order valence-electron chi connectivity index (χ0n) is 11.7. The van der Waals surface area contributed by atoms with Gasteiger partial charge in [-0.1, -0.05) is 11.8 Å². The minimum atomic E-state index is -0.0382. The van der Waals surface area contributed by atoms with Gasteiger partial charge >= 0.3 is 0 Å². The summed E-state index contributed by atoms with van der Waals surface area (Å²) in [6.07, 6.45) is 0. The van der Waals surface area contributed by atoms with Gasteiger partial charge in [-0.3, -0.25) is 4.79 Å². The zero-order valence-corrected chi connectivity index (χ0v) is 12.6. The smallest absolute Gasteiger partial charge is 0.244 e. The molecule has 0 amide bonds. The van der Waals surface area contributed by atoms with E-state index in [0.717, 1.165) is 0 Å². The van der Waals surface area contributed by atoms with Gasteiger partial charge in [0.2, 0.25) is 11.7 Å². The van der Waals surface area contributed by atoms with Crippen molar-refractivity contribution in [3.05, 3.63) is 12.1 Å². The Morgan fingerprint density at radius 1 is 1.10 bits per heavy atom. The lowest BCUT2D eigenvalue weighted by Gasteiger charge is -2.13. The quantitative estimate of drug-likeness (QED) is 0.851. The number of carbonyl (C=O) groups is 1. The van der Waals surface area contributed by atoms with Crippen LogP contribution in [0.1, 0.15) is 4.79 Å². The van der Waals surface area contributed by atoms with Crippen molar-refractivity contribution in [3.8, 4) is 28.6 Å². The molecule has 21 heavy (non-hydrogen) atoms. The standard InChI is InChI=1S/C13H13N3O4S/c1-18-8-4-7(5-9(19-2)11(8)20-3)12-14-15-13-16(12)10(17)6-21-13/h4-5H,6H2,1-3H3. The molecule has 1 aliphatic rings. The molecule has 0 atom stereocenters. The summed E-state index contributed by atoms with van der Waals surface area (Å²) in [5, 5.41) is 8.70. The van der Waals surface area contributed by atoms with Gasteiger partial charge in [-0.2, -0.15) is 0 Å². The summed E-state index contributed by atoms with van der Waals surface area (Å²) >= 11 is 1.37. The molecule has 3 rings (SSSR count). The molecule has 2 aromatic rings. The van der Waals surface area contributed by atoms with E-state index in [1.54, 1.807) is 12.1 Å². The Kier molecular flexibility index (Phi) is 3.46. The van der Waals surface area contributed by atoms with E-state index in [1.807, 2.05) is 0 Å². The summed E-state index contributed by atoms with van der Waals surface area (Å²) in [6, 6.07) is 3.49. The highest BCUT2D eigenvalue weighted by atomic mass is 32.2. The number of nitrogens with zero attached hydrogens (tertiary/aromatic N) is 3. The summed E-state index contributed by atoms with van der Waals surface area (Å²) in [4.78, 5) is 11.9. The predicted molar refractivity (Wildman–Crippen MR) is 76.5 cm³/mol. The van der Waals surface area contributed by atoms with Gasteiger partial charge in [0.25, 0.3) is 0 Å². The van der Waals surface area contributed by atoms with E-state index < -0.39 is 0 Å².